The molecule has 0 saturated heterocycles. The van der Waals surface area contributed by atoms with Crippen molar-refractivity contribution in [3.8, 4) is 0 Å². The summed E-state index contributed by atoms with van der Waals surface area (Å²) in [6.45, 7) is 1.12. The van der Waals surface area contributed by atoms with Gasteiger partial charge in [0.25, 0.3) is 0 Å². The number of hydrogen-bond acceptors (Lipinski definition) is 2. The lowest BCUT2D eigenvalue weighted by Gasteiger charge is -2.24. The zero-order valence-corrected chi connectivity index (χ0v) is 12.0. The first-order valence-electron chi connectivity index (χ1n) is 7.76. The zero-order chi connectivity index (χ0) is 13.1. The molecule has 104 valence electrons. The van der Waals surface area contributed by atoms with Gasteiger partial charge in [0, 0.05) is 24.3 Å². The van der Waals surface area contributed by atoms with Gasteiger partial charge in [-0.05, 0) is 57.9 Å². The molecule has 0 spiro atoms. The maximum Gasteiger partial charge on any atom is 0.0540 e. The highest BCUT2D eigenvalue weighted by atomic mass is 15.3. The van der Waals surface area contributed by atoms with Gasteiger partial charge in [0.15, 0.2) is 0 Å². The number of aryl methyl sites for hydroxylation is 1. The van der Waals surface area contributed by atoms with E-state index in [1.807, 2.05) is 4.68 Å². The number of fused-ring (bicyclic) bond motifs is 1. The van der Waals surface area contributed by atoms with Crippen LogP contribution in [0.2, 0.25) is 0 Å². The molecule has 0 amide bonds. The zero-order valence-electron chi connectivity index (χ0n) is 12.0. The second kappa shape index (κ2) is 5.91. The summed E-state index contributed by atoms with van der Waals surface area (Å²) in [6, 6.07) is 0.529. The molecule has 3 nitrogen and oxygen atoms in total. The van der Waals surface area contributed by atoms with Crippen molar-refractivity contribution in [2.45, 2.75) is 57.4 Å². The van der Waals surface area contributed by atoms with Crippen LogP contribution < -0.4 is 5.32 Å². The van der Waals surface area contributed by atoms with E-state index in [1.165, 1.54) is 62.6 Å². The molecule has 0 aromatic carbocycles. The normalized spacial score (nSPS) is 23.0. The van der Waals surface area contributed by atoms with E-state index in [2.05, 4.69) is 29.7 Å². The predicted octanol–water partition coefficient (Wildman–Crippen LogP) is 3.28. The molecule has 1 aromatic heterocycles. The van der Waals surface area contributed by atoms with Gasteiger partial charge in [0.05, 0.1) is 6.20 Å². The Morgan fingerprint density at radius 3 is 3.11 bits per heavy atom. The number of hydrogen-bond donors (Lipinski definition) is 1. The third-order valence-corrected chi connectivity index (χ3v) is 4.60. The Balaban J connectivity index is 1.55. The third kappa shape index (κ3) is 2.92. The molecule has 0 fully saturated rings. The molecule has 2 aliphatic carbocycles. The lowest BCUT2D eigenvalue weighted by atomic mass is 9.92. The largest absolute Gasteiger partial charge is 0.309 e. The minimum atomic E-state index is 0.529. The van der Waals surface area contributed by atoms with Crippen LogP contribution in [-0.4, -0.2) is 16.3 Å². The topological polar surface area (TPSA) is 29.9 Å². The van der Waals surface area contributed by atoms with Gasteiger partial charge >= 0.3 is 0 Å². The van der Waals surface area contributed by atoms with Crippen LogP contribution in [0.5, 0.6) is 0 Å². The molecule has 1 unspecified atom stereocenters. The number of nitrogens with zero attached hydrogens (tertiary/aromatic N) is 2. The van der Waals surface area contributed by atoms with E-state index in [0.29, 0.717) is 6.04 Å². The average molecular weight is 259 g/mol. The van der Waals surface area contributed by atoms with E-state index in [-0.39, 0.29) is 0 Å². The van der Waals surface area contributed by atoms with E-state index in [1.54, 1.807) is 5.57 Å². The molecule has 1 atom stereocenters. The Hall–Kier alpha value is -1.09. The van der Waals surface area contributed by atoms with E-state index in [9.17, 15) is 0 Å². The van der Waals surface area contributed by atoms with Gasteiger partial charge in [-0.1, -0.05) is 11.6 Å². The minimum Gasteiger partial charge on any atom is -0.309 e. The minimum absolute atomic E-state index is 0.529. The molecule has 0 saturated carbocycles. The van der Waals surface area contributed by atoms with Crippen molar-refractivity contribution < 1.29 is 0 Å². The Morgan fingerprint density at radius 1 is 1.32 bits per heavy atom. The average Bonchev–Trinajstić information content (AvgIpc) is 2.83. The molecule has 3 rings (SSSR count). The first kappa shape index (κ1) is 12.9. The van der Waals surface area contributed by atoms with Gasteiger partial charge in [-0.3, -0.25) is 4.68 Å². The van der Waals surface area contributed by atoms with Crippen LogP contribution in [0.25, 0.3) is 0 Å². The van der Waals surface area contributed by atoms with Gasteiger partial charge in [0.2, 0.25) is 0 Å². The van der Waals surface area contributed by atoms with Crippen molar-refractivity contribution in [2.75, 3.05) is 6.54 Å². The molecular formula is C16H25N3. The Bertz CT molecular complexity index is 459. The summed E-state index contributed by atoms with van der Waals surface area (Å²) in [5.74, 6) is 0. The van der Waals surface area contributed by atoms with Crippen molar-refractivity contribution >= 4 is 0 Å². The molecule has 1 N–H and O–H groups in total. The third-order valence-electron chi connectivity index (χ3n) is 4.60. The standard InChI is InChI=1S/C16H25N3/c1-19-16-9-5-8-15(14(16)12-18-19)17-11-10-13-6-3-2-4-7-13/h6,12,15,17H,2-5,7-11H2,1H3. The fourth-order valence-corrected chi connectivity index (χ4v) is 3.46. The predicted molar refractivity (Wildman–Crippen MR) is 78.1 cm³/mol. The summed E-state index contributed by atoms with van der Waals surface area (Å²) in [4.78, 5) is 0. The van der Waals surface area contributed by atoms with Crippen LogP contribution in [0.3, 0.4) is 0 Å². The van der Waals surface area contributed by atoms with Gasteiger partial charge in [0.1, 0.15) is 0 Å². The smallest absolute Gasteiger partial charge is 0.0540 e. The summed E-state index contributed by atoms with van der Waals surface area (Å²) in [7, 11) is 2.06. The van der Waals surface area contributed by atoms with Gasteiger partial charge in [-0.25, -0.2) is 0 Å². The number of rotatable bonds is 4. The van der Waals surface area contributed by atoms with Crippen molar-refractivity contribution in [1.82, 2.24) is 15.1 Å². The van der Waals surface area contributed by atoms with Crippen molar-refractivity contribution in [3.05, 3.63) is 29.1 Å². The van der Waals surface area contributed by atoms with Crippen molar-refractivity contribution in [3.63, 3.8) is 0 Å². The van der Waals surface area contributed by atoms with E-state index >= 15 is 0 Å². The van der Waals surface area contributed by atoms with E-state index in [0.717, 1.165) is 6.54 Å². The lowest BCUT2D eigenvalue weighted by molar-refractivity contribution is 0.453. The highest BCUT2D eigenvalue weighted by Crippen LogP contribution is 2.29. The van der Waals surface area contributed by atoms with Gasteiger partial charge in [-0.2, -0.15) is 5.10 Å². The van der Waals surface area contributed by atoms with Crippen LogP contribution in [0, 0.1) is 0 Å². The summed E-state index contributed by atoms with van der Waals surface area (Å²) in [5.41, 5.74) is 4.54. The molecule has 3 heteroatoms. The number of allylic oxidation sites excluding steroid dienone is 1. The summed E-state index contributed by atoms with van der Waals surface area (Å²) < 4.78 is 2.05. The highest BCUT2D eigenvalue weighted by Gasteiger charge is 2.22. The maximum absolute atomic E-state index is 4.41. The van der Waals surface area contributed by atoms with Crippen molar-refractivity contribution in [1.29, 1.82) is 0 Å². The Kier molecular flexibility index (Phi) is 4.02. The monoisotopic (exact) mass is 259 g/mol. The second-order valence-corrected chi connectivity index (χ2v) is 5.93. The highest BCUT2D eigenvalue weighted by molar-refractivity contribution is 5.24. The fourth-order valence-electron chi connectivity index (χ4n) is 3.46. The molecule has 0 radical (unpaired) electrons. The summed E-state index contributed by atoms with van der Waals surface area (Å²) in [6.07, 6.45) is 14.9. The molecule has 0 bridgehead atoms. The van der Waals surface area contributed by atoms with Crippen LogP contribution in [0.15, 0.2) is 17.8 Å². The Morgan fingerprint density at radius 2 is 2.26 bits per heavy atom. The van der Waals surface area contributed by atoms with Crippen LogP contribution in [0.1, 0.15) is 62.2 Å². The SMILES string of the molecule is Cn1ncc2c1CCCC2NCCC1=CCCCC1. The molecule has 1 aromatic rings. The number of aromatic nitrogens is 2. The van der Waals surface area contributed by atoms with E-state index in [4.69, 9.17) is 0 Å². The Labute approximate surface area is 116 Å². The van der Waals surface area contributed by atoms with Crippen LogP contribution >= 0.6 is 0 Å². The number of nitrogens with one attached hydrogen (secondary N) is 1. The summed E-state index contributed by atoms with van der Waals surface area (Å²) >= 11 is 0. The van der Waals surface area contributed by atoms with Gasteiger partial charge < -0.3 is 5.32 Å². The van der Waals surface area contributed by atoms with E-state index < -0.39 is 0 Å². The lowest BCUT2D eigenvalue weighted by Crippen LogP contribution is -2.26. The first-order valence-corrected chi connectivity index (χ1v) is 7.76. The molecule has 1 heterocycles. The molecule has 2 aliphatic rings. The molecule has 19 heavy (non-hydrogen) atoms. The van der Waals surface area contributed by atoms with Crippen LogP contribution in [0.4, 0.5) is 0 Å². The summed E-state index contributed by atoms with van der Waals surface area (Å²) in [5, 5.41) is 8.16. The first-order chi connectivity index (χ1) is 9.34. The van der Waals surface area contributed by atoms with Crippen LogP contribution in [-0.2, 0) is 13.5 Å². The quantitative estimate of drug-likeness (QED) is 0.841. The maximum atomic E-state index is 4.41. The fraction of sp³-hybridized carbons (Fsp3) is 0.688. The van der Waals surface area contributed by atoms with Gasteiger partial charge in [-0.15, -0.1) is 0 Å². The van der Waals surface area contributed by atoms with Crippen molar-refractivity contribution in [2.24, 2.45) is 7.05 Å². The molecule has 0 aliphatic heterocycles. The second-order valence-electron chi connectivity index (χ2n) is 5.93. The molecular weight excluding hydrogens is 234 g/mol.